The van der Waals surface area contributed by atoms with Crippen molar-refractivity contribution >= 4 is 17.6 Å². The van der Waals surface area contributed by atoms with Gasteiger partial charge in [0.1, 0.15) is 72.9 Å². The molecule has 56 heavy (non-hydrogen) atoms. The molecular weight excluding hydrogens is 759 g/mol. The highest BCUT2D eigenvalue weighted by atomic mass is 19.1. The number of unbranched alkanes of at least 4 members (excludes halogenated alkanes) is 2. The van der Waals surface area contributed by atoms with Crippen molar-refractivity contribution in [3.8, 4) is 0 Å². The molecule has 3 aliphatic rings. The van der Waals surface area contributed by atoms with E-state index in [-0.39, 0.29) is 37.7 Å². The molecule has 22 nitrogen and oxygen atoms in total. The van der Waals surface area contributed by atoms with Crippen LogP contribution >= 0.6 is 0 Å². The number of carbonyl (C=O) groups is 3. The normalized spacial score (nSPS) is 36.8. The van der Waals surface area contributed by atoms with E-state index in [1.807, 2.05) is 0 Å². The fraction of sp³-hybridized carbons (Fsp3) is 0.909. The van der Waals surface area contributed by atoms with Gasteiger partial charge in [-0.25, -0.2) is 9.82 Å². The number of ketones is 1. The summed E-state index contributed by atoms with van der Waals surface area (Å²) in [7, 11) is 0. The lowest BCUT2D eigenvalue weighted by Crippen LogP contribution is -2.64. The number of carbonyl (C=O) groups excluding carboxylic acids is 3. The Balaban J connectivity index is 1.53. The summed E-state index contributed by atoms with van der Waals surface area (Å²) in [6.45, 7) is -0.830. The largest absolute Gasteiger partial charge is 0.394 e. The molecule has 326 valence electrons. The van der Waals surface area contributed by atoms with Crippen molar-refractivity contribution in [1.29, 1.82) is 0 Å². The van der Waals surface area contributed by atoms with Crippen LogP contribution in [-0.4, -0.2) is 201 Å². The third-order valence-electron chi connectivity index (χ3n) is 9.60. The van der Waals surface area contributed by atoms with Crippen LogP contribution in [0.2, 0.25) is 0 Å². The lowest BCUT2D eigenvalue weighted by Gasteiger charge is -2.46. The van der Waals surface area contributed by atoms with Crippen molar-refractivity contribution in [2.45, 2.75) is 150 Å². The smallest absolute Gasteiger partial charge is 0.234 e. The Hall–Kier alpha value is -2.14. The first-order chi connectivity index (χ1) is 26.6. The van der Waals surface area contributed by atoms with Gasteiger partial charge in [-0.3, -0.25) is 19.8 Å². The van der Waals surface area contributed by atoms with Crippen LogP contribution in [0.3, 0.4) is 0 Å². The zero-order valence-corrected chi connectivity index (χ0v) is 31.1. The SMILES string of the molecule is CC(=O)[C@H](CCCCN)NNC(=O)CCCCC(=O)NCCO[C@H]1O[C@H](CO[C@H]2O[C@H](CO)[C@@H](O)[C@H](O)[C@@H]2O)[C@@H](O)[C@H](O[C@H]2O[C@H](CO)[C@@H](O)[C@H](O)[C@@H]2O)[C@H]1F. The second-order valence-electron chi connectivity index (χ2n) is 13.9. The van der Waals surface area contributed by atoms with E-state index in [0.717, 1.165) is 12.8 Å². The molecule has 0 radical (unpaired) electrons. The molecule has 3 fully saturated rings. The van der Waals surface area contributed by atoms with Gasteiger partial charge in [0, 0.05) is 19.4 Å². The molecule has 0 aromatic heterocycles. The van der Waals surface area contributed by atoms with Gasteiger partial charge in [0.05, 0.1) is 32.5 Å². The molecule has 0 unspecified atom stereocenters. The molecule has 0 spiro atoms. The van der Waals surface area contributed by atoms with Crippen molar-refractivity contribution in [3.05, 3.63) is 0 Å². The third-order valence-corrected chi connectivity index (χ3v) is 9.60. The molecule has 2 amide bonds. The fourth-order valence-corrected chi connectivity index (χ4v) is 6.16. The van der Waals surface area contributed by atoms with Crippen LogP contribution in [0, 0.1) is 0 Å². The molecule has 3 rings (SSSR count). The monoisotopic (exact) mass is 818 g/mol. The molecular formula is C33H59FN4O18. The molecule has 0 aliphatic carbocycles. The van der Waals surface area contributed by atoms with Gasteiger partial charge in [0.2, 0.25) is 11.8 Å². The van der Waals surface area contributed by atoms with Crippen LogP contribution in [0.15, 0.2) is 0 Å². The predicted octanol–water partition coefficient (Wildman–Crippen LogP) is -6.19. The summed E-state index contributed by atoms with van der Waals surface area (Å²) in [6, 6.07) is -0.535. The number of alkyl halides is 1. The van der Waals surface area contributed by atoms with Gasteiger partial charge in [-0.15, -0.1) is 0 Å². The summed E-state index contributed by atoms with van der Waals surface area (Å²) in [5.41, 5.74) is 10.7. The van der Waals surface area contributed by atoms with Gasteiger partial charge < -0.3 is 85.4 Å². The van der Waals surface area contributed by atoms with Gasteiger partial charge in [-0.1, -0.05) is 6.42 Å². The minimum absolute atomic E-state index is 0.0418. The predicted molar refractivity (Wildman–Crippen MR) is 184 cm³/mol. The molecule has 0 aromatic carbocycles. The molecule has 3 heterocycles. The number of hydrogen-bond acceptors (Lipinski definition) is 20. The minimum atomic E-state index is -2.33. The molecule has 23 heteroatoms. The van der Waals surface area contributed by atoms with Crippen molar-refractivity contribution < 1.29 is 93.2 Å². The topological polar surface area (TPSA) is 351 Å². The highest BCUT2D eigenvalue weighted by Gasteiger charge is 2.52. The summed E-state index contributed by atoms with van der Waals surface area (Å²) >= 11 is 0. The van der Waals surface area contributed by atoms with Crippen molar-refractivity contribution in [2.75, 3.05) is 39.5 Å². The molecule has 0 saturated carbocycles. The second kappa shape index (κ2) is 24.1. The number of nitrogens with two attached hydrogens (primary N) is 1. The maximum Gasteiger partial charge on any atom is 0.234 e. The Kier molecular flexibility index (Phi) is 20.7. The van der Waals surface area contributed by atoms with Gasteiger partial charge in [0.15, 0.2) is 25.0 Å². The molecule has 3 saturated heterocycles. The van der Waals surface area contributed by atoms with E-state index in [9.17, 15) is 60.3 Å². The number of nitrogens with one attached hydrogen (secondary N) is 3. The quantitative estimate of drug-likeness (QED) is 0.0337. The average Bonchev–Trinajstić information content (AvgIpc) is 3.17. The zero-order chi connectivity index (χ0) is 41.5. The summed E-state index contributed by atoms with van der Waals surface area (Å²) in [6.07, 6.45) is -23.9. The van der Waals surface area contributed by atoms with E-state index in [2.05, 4.69) is 16.2 Å². The third kappa shape index (κ3) is 13.7. The van der Waals surface area contributed by atoms with E-state index < -0.39 is 124 Å². The number of rotatable bonds is 23. The minimum Gasteiger partial charge on any atom is -0.394 e. The summed E-state index contributed by atoms with van der Waals surface area (Å²) in [4.78, 5) is 36.3. The zero-order valence-electron chi connectivity index (χ0n) is 31.1. The number of hydrogen-bond donors (Lipinski definition) is 13. The fourth-order valence-electron chi connectivity index (χ4n) is 6.16. The van der Waals surface area contributed by atoms with E-state index in [4.69, 9.17) is 34.2 Å². The van der Waals surface area contributed by atoms with Crippen LogP contribution in [0.4, 0.5) is 4.39 Å². The second-order valence-corrected chi connectivity index (χ2v) is 13.9. The standard InChI is InChI=1S/C33H59FN4O18/c1-15(41)16(6-4-5-9-35)37-38-21(43)8-3-2-7-20(42)36-10-11-51-31-22(34)30(56-33-29(50)27(48)24(45)18(13-40)54-33)25(46)19(55-31)14-52-32-28(49)26(47)23(44)17(12-39)53-32/h16-19,22-33,37,39-40,44-50H,2-14,35H2,1H3,(H,36,42)(H,38,43)/t16-,17+,18+,19+,22+,23+,24+,25+,26-,27-,28-,29-,30+,31-,32-,33+/m0/s1. The Morgan fingerprint density at radius 3 is 1.88 bits per heavy atom. The summed E-state index contributed by atoms with van der Waals surface area (Å²) in [5, 5.41) is 93.9. The Morgan fingerprint density at radius 2 is 1.29 bits per heavy atom. The van der Waals surface area contributed by atoms with Crippen LogP contribution < -0.4 is 21.9 Å². The van der Waals surface area contributed by atoms with Crippen LogP contribution in [0.1, 0.15) is 51.9 Å². The lowest BCUT2D eigenvalue weighted by molar-refractivity contribution is -0.359. The first-order valence-corrected chi connectivity index (χ1v) is 18.6. The van der Waals surface area contributed by atoms with Crippen molar-refractivity contribution in [2.24, 2.45) is 5.73 Å². The first-order valence-electron chi connectivity index (χ1n) is 18.6. The highest BCUT2D eigenvalue weighted by molar-refractivity contribution is 5.82. The number of halogens is 1. The van der Waals surface area contributed by atoms with Crippen LogP contribution in [0.5, 0.6) is 0 Å². The maximum atomic E-state index is 15.9. The maximum absolute atomic E-state index is 15.9. The number of aliphatic hydroxyl groups is 9. The molecule has 0 aromatic rings. The van der Waals surface area contributed by atoms with E-state index in [1.54, 1.807) is 0 Å². The number of ether oxygens (including phenoxy) is 6. The number of Topliss-reactive ketones (excluding diaryl/α,β-unsaturated/α-hetero) is 1. The van der Waals surface area contributed by atoms with Gasteiger partial charge in [0.25, 0.3) is 0 Å². The van der Waals surface area contributed by atoms with Gasteiger partial charge in [-0.2, -0.15) is 0 Å². The van der Waals surface area contributed by atoms with Crippen molar-refractivity contribution in [1.82, 2.24) is 16.2 Å². The number of amides is 2. The van der Waals surface area contributed by atoms with E-state index in [1.165, 1.54) is 6.92 Å². The van der Waals surface area contributed by atoms with Crippen LogP contribution in [-0.2, 0) is 42.8 Å². The van der Waals surface area contributed by atoms with Crippen LogP contribution in [0.25, 0.3) is 0 Å². The van der Waals surface area contributed by atoms with E-state index >= 15 is 4.39 Å². The first kappa shape index (κ1) is 48.2. The molecule has 3 aliphatic heterocycles. The summed E-state index contributed by atoms with van der Waals surface area (Å²) < 4.78 is 48.6. The van der Waals surface area contributed by atoms with Gasteiger partial charge >= 0.3 is 0 Å². The lowest BCUT2D eigenvalue weighted by atomic mass is 9.97. The summed E-state index contributed by atoms with van der Waals surface area (Å²) in [5.74, 6) is -0.886. The Morgan fingerprint density at radius 1 is 0.714 bits per heavy atom. The Labute approximate surface area is 322 Å². The molecule has 0 bridgehead atoms. The number of aliphatic hydroxyl groups excluding tert-OH is 9. The van der Waals surface area contributed by atoms with Crippen molar-refractivity contribution in [3.63, 3.8) is 0 Å². The average molecular weight is 819 g/mol. The van der Waals surface area contributed by atoms with Gasteiger partial charge in [-0.05, 0) is 39.2 Å². The Bertz CT molecular complexity index is 1200. The highest BCUT2D eigenvalue weighted by Crippen LogP contribution is 2.32. The number of hydrazine groups is 1. The molecule has 14 N–H and O–H groups in total. The molecule has 16 atom stereocenters. The van der Waals surface area contributed by atoms with E-state index in [0.29, 0.717) is 25.8 Å².